The molecule has 0 aliphatic carbocycles. The summed E-state index contributed by atoms with van der Waals surface area (Å²) >= 11 is 0. The number of aliphatic hydroxyl groups is 1. The number of amides is 1. The van der Waals surface area contributed by atoms with Gasteiger partial charge >= 0.3 is 0 Å². The van der Waals surface area contributed by atoms with Gasteiger partial charge in [0.1, 0.15) is 0 Å². The first-order valence-electron chi connectivity index (χ1n) is 10.9. The van der Waals surface area contributed by atoms with E-state index in [-0.39, 0.29) is 18.4 Å². The van der Waals surface area contributed by atoms with Crippen molar-refractivity contribution in [2.45, 2.75) is 57.5 Å². The molecule has 0 spiro atoms. The van der Waals surface area contributed by atoms with Gasteiger partial charge in [-0.15, -0.1) is 0 Å². The summed E-state index contributed by atoms with van der Waals surface area (Å²) in [6.07, 6.45) is 5.57. The molecule has 5 heteroatoms. The molecule has 0 bridgehead atoms. The van der Waals surface area contributed by atoms with Crippen molar-refractivity contribution < 1.29 is 9.90 Å². The van der Waals surface area contributed by atoms with E-state index in [0.717, 1.165) is 52.0 Å². The molecule has 156 valence electrons. The minimum atomic E-state index is -0.538. The van der Waals surface area contributed by atoms with Gasteiger partial charge in [0.2, 0.25) is 5.91 Å². The summed E-state index contributed by atoms with van der Waals surface area (Å²) in [7, 11) is 0. The van der Waals surface area contributed by atoms with Crippen LogP contribution in [-0.2, 0) is 11.2 Å². The summed E-state index contributed by atoms with van der Waals surface area (Å²) in [6, 6.07) is 11.3. The Morgan fingerprint density at radius 3 is 2.54 bits per heavy atom. The molecule has 2 saturated heterocycles. The summed E-state index contributed by atoms with van der Waals surface area (Å²) in [6.45, 7) is 9.14. The number of hydrogen-bond acceptors (Lipinski definition) is 4. The lowest BCUT2D eigenvalue weighted by molar-refractivity contribution is -0.129. The Morgan fingerprint density at radius 2 is 1.86 bits per heavy atom. The van der Waals surface area contributed by atoms with Crippen molar-refractivity contribution in [3.8, 4) is 0 Å². The molecule has 2 aliphatic rings. The molecule has 0 saturated carbocycles. The maximum absolute atomic E-state index is 12.6. The molecule has 0 radical (unpaired) electrons. The van der Waals surface area contributed by atoms with Crippen molar-refractivity contribution in [1.29, 1.82) is 0 Å². The van der Waals surface area contributed by atoms with Crippen LogP contribution < -0.4 is 5.32 Å². The van der Waals surface area contributed by atoms with Crippen molar-refractivity contribution >= 4 is 5.91 Å². The lowest BCUT2D eigenvalue weighted by atomic mass is 9.92. The molecule has 0 unspecified atom stereocenters. The van der Waals surface area contributed by atoms with E-state index < -0.39 is 5.54 Å². The number of aliphatic hydroxyl groups excluding tert-OH is 1. The van der Waals surface area contributed by atoms with Crippen LogP contribution in [0.4, 0.5) is 0 Å². The number of benzene rings is 1. The van der Waals surface area contributed by atoms with Crippen molar-refractivity contribution in [1.82, 2.24) is 15.1 Å². The Hall–Kier alpha value is -1.43. The van der Waals surface area contributed by atoms with Crippen LogP contribution in [0.15, 0.2) is 30.3 Å². The second kappa shape index (κ2) is 9.86. The maximum atomic E-state index is 12.6. The van der Waals surface area contributed by atoms with Gasteiger partial charge in [-0.1, -0.05) is 30.3 Å². The highest BCUT2D eigenvalue weighted by molar-refractivity contribution is 5.79. The monoisotopic (exact) mass is 387 g/mol. The predicted molar refractivity (Wildman–Crippen MR) is 113 cm³/mol. The summed E-state index contributed by atoms with van der Waals surface area (Å²) in [4.78, 5) is 17.8. The molecule has 0 aromatic heterocycles. The van der Waals surface area contributed by atoms with Crippen molar-refractivity contribution in [2.75, 3.05) is 39.3 Å². The number of piperidine rings is 2. The number of carbonyl (C=O) groups is 1. The zero-order valence-electron chi connectivity index (χ0n) is 17.6. The van der Waals surface area contributed by atoms with Crippen LogP contribution in [0.1, 0.15) is 45.1 Å². The summed E-state index contributed by atoms with van der Waals surface area (Å²) in [5.74, 6) is 0.153. The third-order valence-electron chi connectivity index (χ3n) is 6.31. The highest BCUT2D eigenvalue weighted by Gasteiger charge is 2.33. The second-order valence-electron chi connectivity index (χ2n) is 9.17. The Morgan fingerprint density at radius 1 is 1.14 bits per heavy atom. The van der Waals surface area contributed by atoms with Crippen molar-refractivity contribution in [3.05, 3.63) is 35.9 Å². The van der Waals surface area contributed by atoms with E-state index in [1.165, 1.54) is 18.4 Å². The van der Waals surface area contributed by atoms with Crippen LogP contribution in [0.25, 0.3) is 0 Å². The van der Waals surface area contributed by atoms with Gasteiger partial charge in [-0.3, -0.25) is 9.69 Å². The van der Waals surface area contributed by atoms with Crippen LogP contribution in [0, 0.1) is 5.92 Å². The standard InChI is InChI=1S/C23H37N3O2/c1-23(2,18-27)24-22(28)20-9-6-13-26(17-20)21-11-15-25(16-12-21)14-10-19-7-4-3-5-8-19/h3-5,7-8,20-21,27H,6,9-18H2,1-2H3,(H,24,28)/t20-/m1/s1. The molecule has 2 heterocycles. The van der Waals surface area contributed by atoms with E-state index in [4.69, 9.17) is 0 Å². The highest BCUT2D eigenvalue weighted by atomic mass is 16.3. The smallest absolute Gasteiger partial charge is 0.224 e. The van der Waals surface area contributed by atoms with Gasteiger partial charge in [0, 0.05) is 19.1 Å². The number of likely N-dealkylation sites (tertiary alicyclic amines) is 2. The van der Waals surface area contributed by atoms with Gasteiger partial charge in [-0.2, -0.15) is 0 Å². The summed E-state index contributed by atoms with van der Waals surface area (Å²) in [5, 5.41) is 12.4. The van der Waals surface area contributed by atoms with Gasteiger partial charge in [-0.25, -0.2) is 0 Å². The molecule has 1 atom stereocenters. The molecule has 1 amide bonds. The van der Waals surface area contributed by atoms with Crippen molar-refractivity contribution in [3.63, 3.8) is 0 Å². The van der Waals surface area contributed by atoms with Crippen LogP contribution in [0.3, 0.4) is 0 Å². The molecule has 1 aromatic carbocycles. The highest BCUT2D eigenvalue weighted by Crippen LogP contribution is 2.24. The van der Waals surface area contributed by atoms with Crippen LogP contribution in [0.2, 0.25) is 0 Å². The molecule has 2 N–H and O–H groups in total. The van der Waals surface area contributed by atoms with E-state index in [2.05, 4.69) is 45.4 Å². The lowest BCUT2D eigenvalue weighted by Crippen LogP contribution is -2.54. The maximum Gasteiger partial charge on any atom is 0.224 e. The third-order valence-corrected chi connectivity index (χ3v) is 6.31. The van der Waals surface area contributed by atoms with Crippen LogP contribution in [-0.4, -0.2) is 71.7 Å². The minimum absolute atomic E-state index is 0.0311. The minimum Gasteiger partial charge on any atom is -0.394 e. The number of rotatable bonds is 7. The van der Waals surface area contributed by atoms with E-state index in [9.17, 15) is 9.90 Å². The van der Waals surface area contributed by atoms with Gasteiger partial charge < -0.3 is 15.3 Å². The topological polar surface area (TPSA) is 55.8 Å². The normalized spacial score (nSPS) is 22.9. The number of nitrogens with one attached hydrogen (secondary N) is 1. The van der Waals surface area contributed by atoms with Gasteiger partial charge in [0.05, 0.1) is 18.1 Å². The Balaban J connectivity index is 1.43. The molecule has 2 aliphatic heterocycles. The van der Waals surface area contributed by atoms with Gasteiger partial charge in [-0.05, 0) is 71.1 Å². The second-order valence-corrected chi connectivity index (χ2v) is 9.17. The fourth-order valence-electron chi connectivity index (χ4n) is 4.47. The Labute approximate surface area is 170 Å². The lowest BCUT2D eigenvalue weighted by Gasteiger charge is -2.42. The Bertz CT molecular complexity index is 612. The average molecular weight is 388 g/mol. The summed E-state index contributed by atoms with van der Waals surface area (Å²) in [5.41, 5.74) is 0.879. The summed E-state index contributed by atoms with van der Waals surface area (Å²) < 4.78 is 0. The molecule has 1 aromatic rings. The van der Waals surface area contributed by atoms with Crippen molar-refractivity contribution in [2.24, 2.45) is 5.92 Å². The molecular formula is C23H37N3O2. The fourth-order valence-corrected chi connectivity index (χ4v) is 4.47. The van der Waals surface area contributed by atoms with Gasteiger partial charge in [0.25, 0.3) is 0 Å². The third kappa shape index (κ3) is 6.03. The molecule has 3 rings (SSSR count). The quantitative estimate of drug-likeness (QED) is 0.754. The average Bonchev–Trinajstić information content (AvgIpc) is 2.73. The number of nitrogens with zero attached hydrogens (tertiary/aromatic N) is 2. The van der Waals surface area contributed by atoms with E-state index in [1.54, 1.807) is 0 Å². The van der Waals surface area contributed by atoms with E-state index in [1.807, 2.05) is 13.8 Å². The molecule has 5 nitrogen and oxygen atoms in total. The SMILES string of the molecule is CC(C)(CO)NC(=O)[C@@H]1CCCN(C2CCN(CCc3ccccc3)CC2)C1. The molecule has 2 fully saturated rings. The molecule has 28 heavy (non-hydrogen) atoms. The largest absolute Gasteiger partial charge is 0.394 e. The molecular weight excluding hydrogens is 350 g/mol. The first kappa shape index (κ1) is 21.3. The fraction of sp³-hybridized carbons (Fsp3) is 0.696. The zero-order chi connectivity index (χ0) is 20.0. The number of carbonyl (C=O) groups excluding carboxylic acids is 1. The van der Waals surface area contributed by atoms with Crippen LogP contribution >= 0.6 is 0 Å². The first-order chi connectivity index (χ1) is 13.5. The number of hydrogen-bond donors (Lipinski definition) is 2. The Kier molecular flexibility index (Phi) is 7.49. The van der Waals surface area contributed by atoms with Gasteiger partial charge in [0.15, 0.2) is 0 Å². The van der Waals surface area contributed by atoms with Crippen LogP contribution in [0.5, 0.6) is 0 Å². The van der Waals surface area contributed by atoms with E-state index >= 15 is 0 Å². The van der Waals surface area contributed by atoms with E-state index in [0.29, 0.717) is 6.04 Å². The predicted octanol–water partition coefficient (Wildman–Crippen LogP) is 2.29. The zero-order valence-corrected chi connectivity index (χ0v) is 17.6. The first-order valence-corrected chi connectivity index (χ1v) is 10.9.